The van der Waals surface area contributed by atoms with Crippen LogP contribution < -0.4 is 14.2 Å². The molecule has 3 aromatic carbocycles. The highest BCUT2D eigenvalue weighted by atomic mass is 16.5. The maximum atomic E-state index is 12.7. The van der Waals surface area contributed by atoms with Gasteiger partial charge in [0.05, 0.1) is 14.2 Å². The Morgan fingerprint density at radius 1 is 0.933 bits per heavy atom. The molecule has 0 fully saturated rings. The lowest BCUT2D eigenvalue weighted by molar-refractivity contribution is 0.104. The fourth-order valence-corrected chi connectivity index (χ4v) is 2.84. The molecule has 3 aromatic rings. The van der Waals surface area contributed by atoms with Crippen molar-refractivity contribution in [3.8, 4) is 23.3 Å². The van der Waals surface area contributed by atoms with E-state index in [1.165, 1.54) is 6.08 Å². The summed E-state index contributed by atoms with van der Waals surface area (Å²) in [5.41, 5.74) is 2.15. The first-order valence-electron chi connectivity index (χ1n) is 9.30. The highest BCUT2D eigenvalue weighted by Gasteiger charge is 2.13. The maximum Gasteiger partial charge on any atom is 0.203 e. The first-order valence-corrected chi connectivity index (χ1v) is 9.30. The molecule has 0 aromatic heterocycles. The van der Waals surface area contributed by atoms with E-state index in [0.717, 1.165) is 5.56 Å². The number of ketones is 1. The van der Waals surface area contributed by atoms with Crippen LogP contribution in [-0.2, 0) is 6.61 Å². The van der Waals surface area contributed by atoms with Gasteiger partial charge in [0.15, 0.2) is 11.5 Å². The number of hydrogen-bond donors (Lipinski definition) is 0. The van der Waals surface area contributed by atoms with Crippen LogP contribution in [0, 0.1) is 11.3 Å². The molecule has 5 heteroatoms. The fraction of sp³-hybridized carbons (Fsp3) is 0.120. The van der Waals surface area contributed by atoms with Gasteiger partial charge in [0.2, 0.25) is 5.78 Å². The molecule has 0 heterocycles. The van der Waals surface area contributed by atoms with Crippen LogP contribution >= 0.6 is 0 Å². The Hall–Kier alpha value is -4.04. The highest BCUT2D eigenvalue weighted by molar-refractivity contribution is 6.14. The SMILES string of the molecule is COc1ccc(C(=O)/C(C#N)=C/c2ccc(OCc3ccccc3)c(OC)c2)cc1. The van der Waals surface area contributed by atoms with E-state index in [9.17, 15) is 10.1 Å². The summed E-state index contributed by atoms with van der Waals surface area (Å²) in [6, 6.07) is 23.7. The molecular weight excluding hydrogens is 378 g/mol. The molecule has 5 nitrogen and oxygen atoms in total. The Morgan fingerprint density at radius 2 is 1.67 bits per heavy atom. The fourth-order valence-electron chi connectivity index (χ4n) is 2.84. The molecule has 0 aliphatic heterocycles. The number of carbonyl (C=O) groups excluding carboxylic acids is 1. The van der Waals surface area contributed by atoms with Crippen molar-refractivity contribution in [1.29, 1.82) is 5.26 Å². The van der Waals surface area contributed by atoms with Crippen molar-refractivity contribution >= 4 is 11.9 Å². The average Bonchev–Trinajstić information content (AvgIpc) is 2.81. The van der Waals surface area contributed by atoms with Gasteiger partial charge in [-0.15, -0.1) is 0 Å². The molecule has 0 saturated heterocycles. The summed E-state index contributed by atoms with van der Waals surface area (Å²) in [7, 11) is 3.10. The molecule has 0 N–H and O–H groups in total. The van der Waals surface area contributed by atoms with E-state index in [-0.39, 0.29) is 11.4 Å². The molecule has 0 atom stereocenters. The van der Waals surface area contributed by atoms with E-state index in [1.807, 2.05) is 36.4 Å². The normalized spacial score (nSPS) is 10.8. The topological polar surface area (TPSA) is 68.6 Å². The van der Waals surface area contributed by atoms with Gasteiger partial charge >= 0.3 is 0 Å². The minimum Gasteiger partial charge on any atom is -0.497 e. The Morgan fingerprint density at radius 3 is 2.30 bits per heavy atom. The number of ether oxygens (including phenoxy) is 3. The third-order valence-corrected chi connectivity index (χ3v) is 4.45. The molecule has 0 radical (unpaired) electrons. The summed E-state index contributed by atoms with van der Waals surface area (Å²) in [6.07, 6.45) is 1.54. The van der Waals surface area contributed by atoms with Crippen LogP contribution in [0.1, 0.15) is 21.5 Å². The Kier molecular flexibility index (Phi) is 6.86. The summed E-state index contributed by atoms with van der Waals surface area (Å²) in [5, 5.41) is 9.49. The lowest BCUT2D eigenvalue weighted by Gasteiger charge is -2.11. The number of methoxy groups -OCH3 is 2. The molecule has 0 unspecified atom stereocenters. The van der Waals surface area contributed by atoms with Gasteiger partial charge < -0.3 is 14.2 Å². The standard InChI is InChI=1S/C25H21NO4/c1-28-22-11-9-20(10-12-22)25(27)21(16-26)14-19-8-13-23(24(15-19)29-2)30-17-18-6-4-3-5-7-18/h3-15H,17H2,1-2H3/b21-14+. The number of Topliss-reactive ketones (excluding diaryl/α,β-unsaturated/α-hetero) is 1. The summed E-state index contributed by atoms with van der Waals surface area (Å²) in [5.74, 6) is 1.39. The first kappa shape index (κ1) is 20.7. The number of benzene rings is 3. The summed E-state index contributed by atoms with van der Waals surface area (Å²) in [4.78, 5) is 12.7. The maximum absolute atomic E-state index is 12.7. The van der Waals surface area contributed by atoms with Gasteiger partial charge in [-0.2, -0.15) is 5.26 Å². The zero-order valence-corrected chi connectivity index (χ0v) is 16.8. The van der Waals surface area contributed by atoms with E-state index in [4.69, 9.17) is 14.2 Å². The van der Waals surface area contributed by atoms with Gasteiger partial charge in [-0.05, 0) is 53.6 Å². The summed E-state index contributed by atoms with van der Waals surface area (Å²) >= 11 is 0. The quantitative estimate of drug-likeness (QED) is 0.300. The van der Waals surface area contributed by atoms with Crippen molar-refractivity contribution in [2.24, 2.45) is 0 Å². The van der Waals surface area contributed by atoms with E-state index in [2.05, 4.69) is 0 Å². The molecule has 0 amide bonds. The van der Waals surface area contributed by atoms with Crippen LogP contribution in [0.5, 0.6) is 17.2 Å². The second-order valence-corrected chi connectivity index (χ2v) is 6.41. The van der Waals surface area contributed by atoms with Crippen molar-refractivity contribution in [3.05, 3.63) is 95.1 Å². The van der Waals surface area contributed by atoms with Gasteiger partial charge in [0, 0.05) is 5.56 Å². The van der Waals surface area contributed by atoms with E-state index >= 15 is 0 Å². The number of nitrogens with zero attached hydrogens (tertiary/aromatic N) is 1. The van der Waals surface area contributed by atoms with Crippen LogP contribution in [0.25, 0.3) is 6.08 Å². The number of allylic oxidation sites excluding steroid dienone is 1. The predicted molar refractivity (Wildman–Crippen MR) is 115 cm³/mol. The molecule has 0 aliphatic carbocycles. The van der Waals surface area contributed by atoms with Crippen molar-refractivity contribution in [1.82, 2.24) is 0 Å². The van der Waals surface area contributed by atoms with Crippen LogP contribution in [0.4, 0.5) is 0 Å². The van der Waals surface area contributed by atoms with Crippen LogP contribution in [0.3, 0.4) is 0 Å². The number of hydrogen-bond acceptors (Lipinski definition) is 5. The molecule has 0 spiro atoms. The second-order valence-electron chi connectivity index (χ2n) is 6.41. The molecule has 0 saturated carbocycles. The van der Waals surface area contributed by atoms with E-state index in [0.29, 0.717) is 35.0 Å². The first-order chi connectivity index (χ1) is 14.6. The number of nitriles is 1. The van der Waals surface area contributed by atoms with E-state index < -0.39 is 0 Å². The molecule has 3 rings (SSSR count). The number of rotatable bonds is 8. The lowest BCUT2D eigenvalue weighted by Crippen LogP contribution is -2.02. The third-order valence-electron chi connectivity index (χ3n) is 4.45. The van der Waals surface area contributed by atoms with Gasteiger partial charge in [-0.3, -0.25) is 4.79 Å². The minimum atomic E-state index is -0.358. The molecule has 0 bridgehead atoms. The van der Waals surface area contributed by atoms with E-state index in [1.54, 1.807) is 56.7 Å². The Balaban J connectivity index is 1.80. The largest absolute Gasteiger partial charge is 0.497 e. The zero-order chi connectivity index (χ0) is 21.3. The molecule has 30 heavy (non-hydrogen) atoms. The van der Waals surface area contributed by atoms with Crippen molar-refractivity contribution in [2.45, 2.75) is 6.61 Å². The minimum absolute atomic E-state index is 0.0279. The molecule has 0 aliphatic rings. The van der Waals surface area contributed by atoms with Crippen LogP contribution in [-0.4, -0.2) is 20.0 Å². The third kappa shape index (κ3) is 5.06. The highest BCUT2D eigenvalue weighted by Crippen LogP contribution is 2.30. The van der Waals surface area contributed by atoms with Crippen molar-refractivity contribution in [2.75, 3.05) is 14.2 Å². The number of carbonyl (C=O) groups is 1. The molecule has 150 valence electrons. The van der Waals surface area contributed by atoms with Gasteiger partial charge in [0.25, 0.3) is 0 Å². The smallest absolute Gasteiger partial charge is 0.203 e. The van der Waals surface area contributed by atoms with Gasteiger partial charge in [-0.25, -0.2) is 0 Å². The van der Waals surface area contributed by atoms with Gasteiger partial charge in [0.1, 0.15) is 24.0 Å². The van der Waals surface area contributed by atoms with Crippen LogP contribution in [0.2, 0.25) is 0 Å². The Labute approximate surface area is 175 Å². The van der Waals surface area contributed by atoms with Crippen molar-refractivity contribution in [3.63, 3.8) is 0 Å². The predicted octanol–water partition coefficient (Wildman–Crippen LogP) is 5.07. The summed E-state index contributed by atoms with van der Waals surface area (Å²) in [6.45, 7) is 0.409. The summed E-state index contributed by atoms with van der Waals surface area (Å²) < 4.78 is 16.4. The van der Waals surface area contributed by atoms with Gasteiger partial charge in [-0.1, -0.05) is 36.4 Å². The second kappa shape index (κ2) is 9.94. The van der Waals surface area contributed by atoms with Crippen LogP contribution in [0.15, 0.2) is 78.4 Å². The molecular formula is C25H21NO4. The average molecular weight is 399 g/mol. The Bertz CT molecular complexity index is 1080. The lowest BCUT2D eigenvalue weighted by atomic mass is 10.0. The monoisotopic (exact) mass is 399 g/mol. The van der Waals surface area contributed by atoms with Crippen molar-refractivity contribution < 1.29 is 19.0 Å². The zero-order valence-electron chi connectivity index (χ0n) is 16.8.